The van der Waals surface area contributed by atoms with Crippen LogP contribution in [-0.4, -0.2) is 19.5 Å². The lowest BCUT2D eigenvalue weighted by atomic mass is 9.98. The van der Waals surface area contributed by atoms with Gasteiger partial charge in [-0.25, -0.2) is 8.78 Å². The molecular formula is C30H35ClF2O2. The average Bonchev–Trinajstić information content (AvgIpc) is 2.87. The summed E-state index contributed by atoms with van der Waals surface area (Å²) in [6, 6.07) is 14.4. The lowest BCUT2D eigenvalue weighted by molar-refractivity contribution is -0.203. The van der Waals surface area contributed by atoms with Gasteiger partial charge in [0.2, 0.25) is 0 Å². The average molecular weight is 501 g/mol. The Bertz CT molecular complexity index is 1110. The zero-order chi connectivity index (χ0) is 24.6. The van der Waals surface area contributed by atoms with E-state index in [9.17, 15) is 4.39 Å². The number of hydrogen-bond donors (Lipinski definition) is 0. The Morgan fingerprint density at radius 2 is 1.60 bits per heavy atom. The SMILES string of the molecule is CCCCCCC1COC(CCc2ccc3c(F)c(CCc4ccc(Cl)c(F)c4)ccc3c2)OC1. The molecule has 0 N–H and O–H groups in total. The maximum absolute atomic E-state index is 15.2. The van der Waals surface area contributed by atoms with Crippen LogP contribution in [0.25, 0.3) is 10.8 Å². The van der Waals surface area contributed by atoms with E-state index in [-0.39, 0.29) is 17.1 Å². The molecular weight excluding hydrogens is 466 g/mol. The number of unbranched alkanes of at least 4 members (excludes halogenated alkanes) is 3. The van der Waals surface area contributed by atoms with Gasteiger partial charge in [0.1, 0.15) is 11.6 Å². The van der Waals surface area contributed by atoms with Gasteiger partial charge in [-0.05, 0) is 59.9 Å². The summed E-state index contributed by atoms with van der Waals surface area (Å²) in [7, 11) is 0. The van der Waals surface area contributed by atoms with E-state index < -0.39 is 5.82 Å². The molecule has 35 heavy (non-hydrogen) atoms. The molecule has 2 nitrogen and oxygen atoms in total. The van der Waals surface area contributed by atoms with E-state index in [1.165, 1.54) is 38.2 Å². The monoisotopic (exact) mass is 500 g/mol. The summed E-state index contributed by atoms with van der Waals surface area (Å²) >= 11 is 5.75. The van der Waals surface area contributed by atoms with Crippen molar-refractivity contribution in [2.75, 3.05) is 13.2 Å². The smallest absolute Gasteiger partial charge is 0.157 e. The fourth-order valence-electron chi connectivity index (χ4n) is 4.77. The third-order valence-corrected chi connectivity index (χ3v) is 7.24. The molecule has 3 aromatic carbocycles. The molecule has 0 radical (unpaired) electrons. The van der Waals surface area contributed by atoms with Crippen LogP contribution in [0, 0.1) is 17.6 Å². The van der Waals surface area contributed by atoms with Gasteiger partial charge in [-0.3, -0.25) is 0 Å². The van der Waals surface area contributed by atoms with Crippen LogP contribution in [-0.2, 0) is 28.7 Å². The van der Waals surface area contributed by atoms with E-state index >= 15 is 4.39 Å². The Kier molecular flexibility index (Phi) is 9.53. The summed E-state index contributed by atoms with van der Waals surface area (Å²) < 4.78 is 40.7. The highest BCUT2D eigenvalue weighted by atomic mass is 35.5. The number of ether oxygens (including phenoxy) is 2. The van der Waals surface area contributed by atoms with Crippen molar-refractivity contribution in [1.82, 2.24) is 0 Å². The second kappa shape index (κ2) is 12.8. The van der Waals surface area contributed by atoms with Crippen LogP contribution >= 0.6 is 11.6 Å². The third kappa shape index (κ3) is 7.25. The van der Waals surface area contributed by atoms with Gasteiger partial charge >= 0.3 is 0 Å². The van der Waals surface area contributed by atoms with Crippen molar-refractivity contribution in [1.29, 1.82) is 0 Å². The van der Waals surface area contributed by atoms with Crippen LogP contribution in [0.4, 0.5) is 8.78 Å². The Balaban J connectivity index is 1.28. The summed E-state index contributed by atoms with van der Waals surface area (Å²) in [6.07, 6.45) is 8.81. The maximum Gasteiger partial charge on any atom is 0.157 e. The van der Waals surface area contributed by atoms with E-state index in [0.717, 1.165) is 42.6 Å². The Morgan fingerprint density at radius 1 is 0.829 bits per heavy atom. The summed E-state index contributed by atoms with van der Waals surface area (Å²) in [5.74, 6) is -0.131. The quantitative estimate of drug-likeness (QED) is 0.246. The Labute approximate surface area is 212 Å². The first-order chi connectivity index (χ1) is 17.0. The summed E-state index contributed by atoms with van der Waals surface area (Å²) in [5.41, 5.74) is 2.58. The zero-order valence-electron chi connectivity index (χ0n) is 20.5. The van der Waals surface area contributed by atoms with E-state index in [1.807, 2.05) is 24.3 Å². The topological polar surface area (TPSA) is 18.5 Å². The molecule has 3 aromatic rings. The van der Waals surface area contributed by atoms with Crippen LogP contribution in [0.15, 0.2) is 48.5 Å². The molecule has 5 heteroatoms. The second-order valence-electron chi connectivity index (χ2n) is 9.69. The molecule has 1 heterocycles. The van der Waals surface area contributed by atoms with Gasteiger partial charge in [-0.1, -0.05) is 80.6 Å². The van der Waals surface area contributed by atoms with Gasteiger partial charge in [0.25, 0.3) is 0 Å². The van der Waals surface area contributed by atoms with Crippen molar-refractivity contribution in [3.63, 3.8) is 0 Å². The normalized spacial score (nSPS) is 18.3. The maximum atomic E-state index is 15.2. The lowest BCUT2D eigenvalue weighted by Gasteiger charge is -2.29. The molecule has 1 aliphatic rings. The molecule has 188 valence electrons. The van der Waals surface area contributed by atoms with Gasteiger partial charge in [-0.15, -0.1) is 0 Å². The Morgan fingerprint density at radius 3 is 2.37 bits per heavy atom. The third-order valence-electron chi connectivity index (χ3n) is 6.94. The molecule has 0 atom stereocenters. The van der Waals surface area contributed by atoms with Crippen LogP contribution in [0.1, 0.15) is 62.1 Å². The summed E-state index contributed by atoms with van der Waals surface area (Å²) in [4.78, 5) is 0. The molecule has 0 bridgehead atoms. The van der Waals surface area contributed by atoms with Gasteiger partial charge in [-0.2, -0.15) is 0 Å². The van der Waals surface area contributed by atoms with Crippen molar-refractivity contribution < 1.29 is 18.3 Å². The largest absolute Gasteiger partial charge is 0.352 e. The van der Waals surface area contributed by atoms with E-state index in [0.29, 0.717) is 29.7 Å². The minimum atomic E-state index is -0.443. The molecule has 0 spiro atoms. The molecule has 1 aliphatic heterocycles. The molecule has 0 amide bonds. The minimum Gasteiger partial charge on any atom is -0.352 e. The van der Waals surface area contributed by atoms with Gasteiger partial charge in [0, 0.05) is 17.7 Å². The Hall–Kier alpha value is -2.01. The van der Waals surface area contributed by atoms with Crippen LogP contribution in [0.5, 0.6) is 0 Å². The van der Waals surface area contributed by atoms with Crippen molar-refractivity contribution in [2.45, 2.75) is 71.0 Å². The first-order valence-electron chi connectivity index (χ1n) is 12.9. The highest BCUT2D eigenvalue weighted by molar-refractivity contribution is 6.30. The number of halogens is 3. The molecule has 1 saturated heterocycles. The standard InChI is InChI=1S/C30H35ClF2O2/c1-2-3-4-5-6-23-19-34-29(35-20-23)16-10-21-8-14-26-25(17-21)13-12-24(30(26)33)11-7-22-9-15-27(31)28(32)18-22/h8-9,12-15,17-18,23,29H,2-7,10-11,16,19-20H2,1H3. The molecule has 0 unspecified atom stereocenters. The number of rotatable bonds is 11. The van der Waals surface area contributed by atoms with Gasteiger partial charge in [0.15, 0.2) is 6.29 Å². The van der Waals surface area contributed by atoms with Crippen LogP contribution in [0.3, 0.4) is 0 Å². The van der Waals surface area contributed by atoms with Crippen molar-refractivity contribution in [2.24, 2.45) is 5.92 Å². The zero-order valence-corrected chi connectivity index (χ0v) is 21.3. The highest BCUT2D eigenvalue weighted by Gasteiger charge is 2.21. The van der Waals surface area contributed by atoms with Crippen LogP contribution in [0.2, 0.25) is 5.02 Å². The minimum absolute atomic E-state index is 0.102. The fourth-order valence-corrected chi connectivity index (χ4v) is 4.89. The summed E-state index contributed by atoms with van der Waals surface area (Å²) in [6.45, 7) is 3.80. The number of aryl methyl sites for hydroxylation is 3. The van der Waals surface area contributed by atoms with Crippen LogP contribution < -0.4 is 0 Å². The highest BCUT2D eigenvalue weighted by Crippen LogP contribution is 2.26. The lowest BCUT2D eigenvalue weighted by Crippen LogP contribution is -2.32. The molecule has 0 saturated carbocycles. The summed E-state index contributed by atoms with van der Waals surface area (Å²) in [5, 5.41) is 1.61. The van der Waals surface area contributed by atoms with Gasteiger partial charge in [0.05, 0.1) is 18.2 Å². The number of hydrogen-bond acceptors (Lipinski definition) is 2. The van der Waals surface area contributed by atoms with E-state index in [2.05, 4.69) is 13.0 Å². The molecule has 4 rings (SSSR count). The van der Waals surface area contributed by atoms with Gasteiger partial charge < -0.3 is 9.47 Å². The number of fused-ring (bicyclic) bond motifs is 1. The molecule has 0 aliphatic carbocycles. The first kappa shape index (κ1) is 26.1. The van der Waals surface area contributed by atoms with Crippen molar-refractivity contribution in [3.05, 3.63) is 81.9 Å². The number of benzene rings is 3. The molecule has 1 fully saturated rings. The van der Waals surface area contributed by atoms with Crippen molar-refractivity contribution >= 4 is 22.4 Å². The van der Waals surface area contributed by atoms with E-state index in [1.54, 1.807) is 12.1 Å². The fraction of sp³-hybridized carbons (Fsp3) is 0.467. The van der Waals surface area contributed by atoms with Crippen molar-refractivity contribution in [3.8, 4) is 0 Å². The predicted molar refractivity (Wildman–Crippen MR) is 139 cm³/mol. The predicted octanol–water partition coefficient (Wildman–Crippen LogP) is 8.45. The second-order valence-corrected chi connectivity index (χ2v) is 10.1. The van der Waals surface area contributed by atoms with E-state index in [4.69, 9.17) is 21.1 Å². The molecule has 0 aromatic heterocycles. The first-order valence-corrected chi connectivity index (χ1v) is 13.3.